The van der Waals surface area contributed by atoms with Crippen molar-refractivity contribution in [3.8, 4) is 0 Å². The molecule has 180 valence electrons. The third-order valence-electron chi connectivity index (χ3n) is 5.01. The standard InChI is InChI=1S/C24H32BrN3O4S/c1-16(2)26-24(30)19(5)27(14-20-8-7-9-21(25)13-20)23(29)15-28(33(6,31)32)22-11-17(3)10-18(4)12-22/h7-13,16,19H,14-15H2,1-6H3,(H,26,30)/t19-/m1/s1. The molecule has 2 rings (SSSR count). The monoisotopic (exact) mass is 537 g/mol. The van der Waals surface area contributed by atoms with Crippen LogP contribution in [0.3, 0.4) is 0 Å². The summed E-state index contributed by atoms with van der Waals surface area (Å²) in [5.74, 6) is -0.767. The van der Waals surface area contributed by atoms with Gasteiger partial charge in [0.25, 0.3) is 0 Å². The molecule has 0 fully saturated rings. The maximum absolute atomic E-state index is 13.5. The molecule has 2 aromatic carbocycles. The molecule has 0 aromatic heterocycles. The molecule has 1 atom stereocenters. The van der Waals surface area contributed by atoms with Gasteiger partial charge < -0.3 is 10.2 Å². The average molecular weight is 539 g/mol. The van der Waals surface area contributed by atoms with Gasteiger partial charge in [-0.1, -0.05) is 34.1 Å². The third kappa shape index (κ3) is 7.85. The minimum atomic E-state index is -3.75. The summed E-state index contributed by atoms with van der Waals surface area (Å²) in [5.41, 5.74) is 3.02. The molecule has 0 saturated carbocycles. The topological polar surface area (TPSA) is 86.8 Å². The second kappa shape index (κ2) is 11.2. The Morgan fingerprint density at radius 2 is 1.64 bits per heavy atom. The molecule has 2 amide bonds. The zero-order valence-corrected chi connectivity index (χ0v) is 22.3. The zero-order chi connectivity index (χ0) is 24.9. The van der Waals surface area contributed by atoms with Crippen LogP contribution in [0.15, 0.2) is 46.9 Å². The number of nitrogens with one attached hydrogen (secondary N) is 1. The lowest BCUT2D eigenvalue weighted by molar-refractivity contribution is -0.139. The molecule has 2 aromatic rings. The van der Waals surface area contributed by atoms with E-state index in [1.54, 1.807) is 19.1 Å². The lowest BCUT2D eigenvalue weighted by atomic mass is 10.1. The summed E-state index contributed by atoms with van der Waals surface area (Å²) in [6, 6.07) is 12.0. The fourth-order valence-electron chi connectivity index (χ4n) is 3.53. The third-order valence-corrected chi connectivity index (χ3v) is 6.65. The van der Waals surface area contributed by atoms with Gasteiger partial charge in [-0.05, 0) is 75.6 Å². The van der Waals surface area contributed by atoms with Gasteiger partial charge in [-0.15, -0.1) is 0 Å². The number of aryl methyl sites for hydroxylation is 2. The maximum atomic E-state index is 13.5. The molecule has 0 aliphatic rings. The molecule has 0 heterocycles. The minimum absolute atomic E-state index is 0.0921. The summed E-state index contributed by atoms with van der Waals surface area (Å²) in [6.07, 6.45) is 1.07. The first kappa shape index (κ1) is 26.9. The van der Waals surface area contributed by atoms with Crippen molar-refractivity contribution in [2.24, 2.45) is 0 Å². The average Bonchev–Trinajstić information content (AvgIpc) is 2.67. The summed E-state index contributed by atoms with van der Waals surface area (Å²) in [4.78, 5) is 27.7. The first-order valence-corrected chi connectivity index (χ1v) is 13.3. The Hall–Kier alpha value is -2.39. The number of anilines is 1. The molecule has 0 spiro atoms. The Bertz CT molecular complexity index is 1100. The van der Waals surface area contributed by atoms with Crippen LogP contribution in [0.4, 0.5) is 5.69 Å². The van der Waals surface area contributed by atoms with E-state index in [4.69, 9.17) is 0 Å². The summed E-state index contributed by atoms with van der Waals surface area (Å²) in [7, 11) is -3.75. The Balaban J connectivity index is 2.42. The van der Waals surface area contributed by atoms with Gasteiger partial charge in [0.05, 0.1) is 11.9 Å². The fraction of sp³-hybridized carbons (Fsp3) is 0.417. The fourth-order valence-corrected chi connectivity index (χ4v) is 4.81. The highest BCUT2D eigenvalue weighted by Gasteiger charge is 2.30. The quantitative estimate of drug-likeness (QED) is 0.527. The van der Waals surface area contributed by atoms with Crippen LogP contribution in [0.2, 0.25) is 0 Å². The van der Waals surface area contributed by atoms with Crippen molar-refractivity contribution >= 4 is 43.5 Å². The van der Waals surface area contributed by atoms with Gasteiger partial charge in [0.1, 0.15) is 12.6 Å². The highest BCUT2D eigenvalue weighted by molar-refractivity contribution is 9.10. The molecule has 0 unspecified atom stereocenters. The number of carbonyl (C=O) groups excluding carboxylic acids is 2. The van der Waals surface area contributed by atoms with Crippen molar-refractivity contribution in [1.82, 2.24) is 10.2 Å². The molecule has 9 heteroatoms. The summed E-state index contributed by atoms with van der Waals surface area (Å²) in [6.45, 7) is 8.83. The molecule has 0 radical (unpaired) electrons. The van der Waals surface area contributed by atoms with Gasteiger partial charge in [0.2, 0.25) is 21.8 Å². The van der Waals surface area contributed by atoms with Crippen molar-refractivity contribution in [2.45, 2.75) is 53.2 Å². The van der Waals surface area contributed by atoms with Crippen molar-refractivity contribution in [1.29, 1.82) is 0 Å². The molecule has 0 aliphatic carbocycles. The largest absolute Gasteiger partial charge is 0.352 e. The van der Waals surface area contributed by atoms with Crippen molar-refractivity contribution in [2.75, 3.05) is 17.1 Å². The SMILES string of the molecule is Cc1cc(C)cc(N(CC(=O)N(Cc2cccc(Br)c2)[C@H](C)C(=O)NC(C)C)S(C)(=O)=O)c1. The van der Waals surface area contributed by atoms with E-state index in [1.807, 2.05) is 58.0 Å². The van der Waals surface area contributed by atoms with E-state index in [0.29, 0.717) is 5.69 Å². The van der Waals surface area contributed by atoms with E-state index < -0.39 is 28.5 Å². The summed E-state index contributed by atoms with van der Waals surface area (Å²) >= 11 is 3.43. The van der Waals surface area contributed by atoms with Gasteiger partial charge in [-0.3, -0.25) is 13.9 Å². The number of nitrogens with zero attached hydrogens (tertiary/aromatic N) is 2. The first-order valence-electron chi connectivity index (χ1n) is 10.7. The lowest BCUT2D eigenvalue weighted by Crippen LogP contribution is -2.52. The van der Waals surface area contributed by atoms with Crippen molar-refractivity contribution < 1.29 is 18.0 Å². The normalized spacial score (nSPS) is 12.4. The van der Waals surface area contributed by atoms with E-state index in [2.05, 4.69) is 21.2 Å². The van der Waals surface area contributed by atoms with Crippen LogP contribution in [0.25, 0.3) is 0 Å². The zero-order valence-electron chi connectivity index (χ0n) is 19.9. The predicted octanol–water partition coefficient (Wildman–Crippen LogP) is 3.77. The molecule has 0 saturated heterocycles. The highest BCUT2D eigenvalue weighted by atomic mass is 79.9. The van der Waals surface area contributed by atoms with E-state index in [0.717, 1.165) is 31.7 Å². The minimum Gasteiger partial charge on any atom is -0.352 e. The van der Waals surface area contributed by atoms with Crippen LogP contribution < -0.4 is 9.62 Å². The van der Waals surface area contributed by atoms with Crippen LogP contribution in [0, 0.1) is 13.8 Å². The smallest absolute Gasteiger partial charge is 0.244 e. The summed E-state index contributed by atoms with van der Waals surface area (Å²) in [5, 5.41) is 2.83. The lowest BCUT2D eigenvalue weighted by Gasteiger charge is -2.32. The molecule has 33 heavy (non-hydrogen) atoms. The van der Waals surface area contributed by atoms with Crippen molar-refractivity contribution in [3.63, 3.8) is 0 Å². The van der Waals surface area contributed by atoms with Crippen LogP contribution in [-0.2, 0) is 26.2 Å². The molecular weight excluding hydrogens is 506 g/mol. The van der Waals surface area contributed by atoms with E-state index in [1.165, 1.54) is 4.90 Å². The first-order chi connectivity index (χ1) is 15.3. The van der Waals surface area contributed by atoms with Gasteiger partial charge in [-0.25, -0.2) is 8.42 Å². The van der Waals surface area contributed by atoms with Crippen LogP contribution in [0.1, 0.15) is 37.5 Å². The second-order valence-corrected chi connectivity index (χ2v) is 11.4. The Labute approximate surface area is 205 Å². The molecule has 0 bridgehead atoms. The number of hydrogen-bond acceptors (Lipinski definition) is 4. The Kier molecular flexibility index (Phi) is 9.08. The maximum Gasteiger partial charge on any atom is 0.244 e. The van der Waals surface area contributed by atoms with Gasteiger partial charge in [-0.2, -0.15) is 0 Å². The molecule has 1 N–H and O–H groups in total. The number of rotatable bonds is 9. The van der Waals surface area contributed by atoms with E-state index in [9.17, 15) is 18.0 Å². The van der Waals surface area contributed by atoms with Gasteiger partial charge in [0, 0.05) is 17.1 Å². The Morgan fingerprint density at radius 1 is 1.03 bits per heavy atom. The molecule has 0 aliphatic heterocycles. The van der Waals surface area contributed by atoms with Gasteiger partial charge >= 0.3 is 0 Å². The number of hydrogen-bond donors (Lipinski definition) is 1. The number of halogens is 1. The number of carbonyl (C=O) groups is 2. The van der Waals surface area contributed by atoms with E-state index >= 15 is 0 Å². The van der Waals surface area contributed by atoms with Gasteiger partial charge in [0.15, 0.2) is 0 Å². The number of benzene rings is 2. The number of sulfonamides is 1. The van der Waals surface area contributed by atoms with Crippen LogP contribution in [0.5, 0.6) is 0 Å². The second-order valence-electron chi connectivity index (χ2n) is 8.61. The van der Waals surface area contributed by atoms with Crippen LogP contribution >= 0.6 is 15.9 Å². The van der Waals surface area contributed by atoms with E-state index in [-0.39, 0.29) is 18.5 Å². The molecular formula is C24H32BrN3O4S. The number of amides is 2. The highest BCUT2D eigenvalue weighted by Crippen LogP contribution is 2.22. The Morgan fingerprint density at radius 3 is 2.15 bits per heavy atom. The van der Waals surface area contributed by atoms with Crippen molar-refractivity contribution in [3.05, 3.63) is 63.6 Å². The van der Waals surface area contributed by atoms with Crippen LogP contribution in [-0.4, -0.2) is 50.0 Å². The summed E-state index contributed by atoms with van der Waals surface area (Å²) < 4.78 is 27.2. The predicted molar refractivity (Wildman–Crippen MR) is 136 cm³/mol. The molecule has 7 nitrogen and oxygen atoms in total.